The highest BCUT2D eigenvalue weighted by atomic mass is 35.5. The Bertz CT molecular complexity index is 857. The summed E-state index contributed by atoms with van der Waals surface area (Å²) in [4.78, 5) is 16.6. The molecule has 0 aliphatic rings. The zero-order chi connectivity index (χ0) is 15.7. The minimum atomic E-state index is -0.0617. The second-order valence-electron chi connectivity index (χ2n) is 5.25. The van der Waals surface area contributed by atoms with E-state index in [-0.39, 0.29) is 5.91 Å². The number of thiazole rings is 1. The van der Waals surface area contributed by atoms with E-state index in [4.69, 9.17) is 11.6 Å². The van der Waals surface area contributed by atoms with Crippen LogP contribution in [0.5, 0.6) is 0 Å². The molecule has 0 radical (unpaired) electrons. The molecular formula is C17H15ClN2OS. The molecule has 3 rings (SSSR count). The van der Waals surface area contributed by atoms with Crippen LogP contribution in [0.1, 0.15) is 16.7 Å². The van der Waals surface area contributed by atoms with Gasteiger partial charge in [-0.3, -0.25) is 4.79 Å². The van der Waals surface area contributed by atoms with Crippen LogP contribution in [0.2, 0.25) is 5.02 Å². The van der Waals surface area contributed by atoms with Gasteiger partial charge >= 0.3 is 0 Å². The quantitative estimate of drug-likeness (QED) is 0.753. The van der Waals surface area contributed by atoms with Gasteiger partial charge in [0.25, 0.3) is 0 Å². The third-order valence-electron chi connectivity index (χ3n) is 3.44. The Morgan fingerprint density at radius 1 is 1.27 bits per heavy atom. The number of carbonyl (C=O) groups excluding carboxylic acids is 1. The number of anilines is 1. The van der Waals surface area contributed by atoms with Crippen molar-refractivity contribution in [1.29, 1.82) is 0 Å². The molecule has 0 atom stereocenters. The van der Waals surface area contributed by atoms with Crippen molar-refractivity contribution in [3.8, 4) is 0 Å². The Hall–Kier alpha value is -1.91. The Kier molecular flexibility index (Phi) is 4.14. The number of amides is 1. The van der Waals surface area contributed by atoms with Crippen LogP contribution in [0.25, 0.3) is 10.2 Å². The summed E-state index contributed by atoms with van der Waals surface area (Å²) in [5, 5.41) is 4.17. The fourth-order valence-electron chi connectivity index (χ4n) is 2.32. The molecule has 0 aliphatic carbocycles. The summed E-state index contributed by atoms with van der Waals surface area (Å²) in [5.74, 6) is -0.0617. The lowest BCUT2D eigenvalue weighted by atomic mass is 10.1. The highest BCUT2D eigenvalue weighted by molar-refractivity contribution is 7.22. The van der Waals surface area contributed by atoms with Crippen molar-refractivity contribution < 1.29 is 4.79 Å². The number of aromatic nitrogens is 1. The van der Waals surface area contributed by atoms with Crippen molar-refractivity contribution in [2.75, 3.05) is 5.32 Å². The minimum absolute atomic E-state index is 0.0617. The fraction of sp³-hybridized carbons (Fsp3) is 0.176. The van der Waals surface area contributed by atoms with Gasteiger partial charge in [0.15, 0.2) is 5.13 Å². The average Bonchev–Trinajstić information content (AvgIpc) is 2.86. The normalized spacial score (nSPS) is 10.9. The maximum Gasteiger partial charge on any atom is 0.230 e. The molecule has 112 valence electrons. The summed E-state index contributed by atoms with van der Waals surface area (Å²) in [7, 11) is 0. The van der Waals surface area contributed by atoms with Crippen molar-refractivity contribution in [3.63, 3.8) is 0 Å². The number of carbonyl (C=O) groups is 1. The molecule has 0 bridgehead atoms. The summed E-state index contributed by atoms with van der Waals surface area (Å²) in [6, 6.07) is 11.7. The van der Waals surface area contributed by atoms with Crippen LogP contribution in [0.3, 0.4) is 0 Å². The predicted octanol–water partition coefficient (Wildman–Crippen LogP) is 4.75. The van der Waals surface area contributed by atoms with Crippen LogP contribution >= 0.6 is 22.9 Å². The molecule has 1 N–H and O–H groups in total. The van der Waals surface area contributed by atoms with E-state index >= 15 is 0 Å². The number of rotatable bonds is 3. The second-order valence-corrected chi connectivity index (χ2v) is 6.69. The lowest BCUT2D eigenvalue weighted by molar-refractivity contribution is -0.115. The number of halogens is 1. The number of fused-ring (bicyclic) bond motifs is 1. The molecule has 1 amide bonds. The maximum absolute atomic E-state index is 12.2. The van der Waals surface area contributed by atoms with Gasteiger partial charge in [0.05, 0.1) is 16.6 Å². The van der Waals surface area contributed by atoms with Crippen LogP contribution in [0, 0.1) is 13.8 Å². The number of nitrogens with one attached hydrogen (secondary N) is 1. The Labute approximate surface area is 138 Å². The van der Waals surface area contributed by atoms with E-state index in [0.29, 0.717) is 16.6 Å². The largest absolute Gasteiger partial charge is 0.302 e. The molecule has 5 heteroatoms. The summed E-state index contributed by atoms with van der Waals surface area (Å²) >= 11 is 7.56. The van der Waals surface area contributed by atoms with Gasteiger partial charge in [0.2, 0.25) is 5.91 Å². The van der Waals surface area contributed by atoms with Crippen LogP contribution in [0.4, 0.5) is 5.13 Å². The van der Waals surface area contributed by atoms with Gasteiger partial charge in [-0.1, -0.05) is 52.8 Å². The van der Waals surface area contributed by atoms with Gasteiger partial charge in [-0.25, -0.2) is 4.98 Å². The molecule has 0 unspecified atom stereocenters. The standard InChI is InChI=1S/C17H15ClN2OS/c1-10-4-3-5-12(8-10)9-15(21)19-17-20-16-11(2)13(18)6-7-14(16)22-17/h3-8H,9H2,1-2H3,(H,19,20,21). The third-order valence-corrected chi connectivity index (χ3v) is 4.79. The topological polar surface area (TPSA) is 42.0 Å². The lowest BCUT2D eigenvalue weighted by Gasteiger charge is -2.02. The lowest BCUT2D eigenvalue weighted by Crippen LogP contribution is -2.14. The van der Waals surface area contributed by atoms with Gasteiger partial charge < -0.3 is 5.32 Å². The van der Waals surface area contributed by atoms with Crippen LogP contribution in [0.15, 0.2) is 36.4 Å². The first-order valence-electron chi connectivity index (χ1n) is 6.94. The summed E-state index contributed by atoms with van der Waals surface area (Å²) in [5.41, 5.74) is 3.94. The first-order valence-corrected chi connectivity index (χ1v) is 8.13. The number of hydrogen-bond acceptors (Lipinski definition) is 3. The van der Waals surface area contributed by atoms with Crippen molar-refractivity contribution in [1.82, 2.24) is 4.98 Å². The van der Waals surface area contributed by atoms with E-state index in [2.05, 4.69) is 10.3 Å². The van der Waals surface area contributed by atoms with Crippen molar-refractivity contribution in [3.05, 3.63) is 58.1 Å². The van der Waals surface area contributed by atoms with Gasteiger partial charge in [-0.15, -0.1) is 0 Å². The smallest absolute Gasteiger partial charge is 0.230 e. The fourth-order valence-corrected chi connectivity index (χ4v) is 3.42. The van der Waals surface area contributed by atoms with E-state index in [0.717, 1.165) is 26.9 Å². The molecular weight excluding hydrogens is 316 g/mol. The highest BCUT2D eigenvalue weighted by Gasteiger charge is 2.11. The van der Waals surface area contributed by atoms with E-state index in [1.165, 1.54) is 11.3 Å². The maximum atomic E-state index is 12.2. The van der Waals surface area contributed by atoms with Crippen LogP contribution < -0.4 is 5.32 Å². The Morgan fingerprint density at radius 2 is 2.09 bits per heavy atom. The van der Waals surface area contributed by atoms with Crippen LogP contribution in [-0.2, 0) is 11.2 Å². The van der Waals surface area contributed by atoms with E-state index in [1.54, 1.807) is 0 Å². The van der Waals surface area contributed by atoms with E-state index < -0.39 is 0 Å². The molecule has 0 aliphatic heterocycles. The monoisotopic (exact) mass is 330 g/mol. The first kappa shape index (κ1) is 15.0. The average molecular weight is 331 g/mol. The molecule has 3 aromatic rings. The number of aryl methyl sites for hydroxylation is 2. The molecule has 2 aromatic carbocycles. The number of hydrogen-bond donors (Lipinski definition) is 1. The molecule has 0 saturated carbocycles. The molecule has 3 nitrogen and oxygen atoms in total. The number of benzene rings is 2. The minimum Gasteiger partial charge on any atom is -0.302 e. The van der Waals surface area contributed by atoms with E-state index in [1.807, 2.05) is 50.2 Å². The molecule has 0 spiro atoms. The molecule has 0 saturated heterocycles. The summed E-state index contributed by atoms with van der Waals surface area (Å²) in [6.45, 7) is 3.95. The van der Waals surface area contributed by atoms with Gasteiger partial charge in [-0.05, 0) is 37.1 Å². The number of nitrogens with zero attached hydrogens (tertiary/aromatic N) is 1. The molecule has 0 fully saturated rings. The Balaban J connectivity index is 1.78. The van der Waals surface area contributed by atoms with E-state index in [9.17, 15) is 4.79 Å². The second kappa shape index (κ2) is 6.07. The first-order chi connectivity index (χ1) is 10.5. The van der Waals surface area contributed by atoms with Gasteiger partial charge in [0, 0.05) is 5.02 Å². The molecule has 1 heterocycles. The summed E-state index contributed by atoms with van der Waals surface area (Å²) in [6.07, 6.45) is 0.345. The van der Waals surface area contributed by atoms with Crippen molar-refractivity contribution in [2.45, 2.75) is 20.3 Å². The SMILES string of the molecule is Cc1cccc(CC(=O)Nc2nc3c(C)c(Cl)ccc3s2)c1. The zero-order valence-corrected chi connectivity index (χ0v) is 13.9. The van der Waals surface area contributed by atoms with Crippen LogP contribution in [-0.4, -0.2) is 10.9 Å². The zero-order valence-electron chi connectivity index (χ0n) is 12.3. The third kappa shape index (κ3) is 3.13. The predicted molar refractivity (Wildman–Crippen MR) is 92.9 cm³/mol. The molecule has 1 aromatic heterocycles. The van der Waals surface area contributed by atoms with Gasteiger partial charge in [-0.2, -0.15) is 0 Å². The van der Waals surface area contributed by atoms with Crippen molar-refractivity contribution >= 4 is 44.2 Å². The highest BCUT2D eigenvalue weighted by Crippen LogP contribution is 2.31. The van der Waals surface area contributed by atoms with Crippen molar-refractivity contribution in [2.24, 2.45) is 0 Å². The van der Waals surface area contributed by atoms with Gasteiger partial charge in [0.1, 0.15) is 0 Å². The Morgan fingerprint density at radius 3 is 2.86 bits per heavy atom. The molecule has 22 heavy (non-hydrogen) atoms. The summed E-state index contributed by atoms with van der Waals surface area (Å²) < 4.78 is 1.02.